The van der Waals surface area contributed by atoms with Gasteiger partial charge in [-0.1, -0.05) is 107 Å². The zero-order chi connectivity index (χ0) is 21.8. The molecule has 0 spiro atoms. The number of carboxylic acids is 1. The summed E-state index contributed by atoms with van der Waals surface area (Å²) in [5, 5.41) is 16.1. The van der Waals surface area contributed by atoms with Crippen LogP contribution in [0.25, 0.3) is 0 Å². The zero-order valence-electron chi connectivity index (χ0n) is 19.0. The highest BCUT2D eigenvalue weighted by atomic mass is 16.4. The Balaban J connectivity index is 0. The Labute approximate surface area is 180 Å². The predicted molar refractivity (Wildman–Crippen MR) is 126 cm³/mol. The van der Waals surface area contributed by atoms with E-state index in [0.717, 1.165) is 12.8 Å². The van der Waals surface area contributed by atoms with Gasteiger partial charge in [-0.2, -0.15) is 0 Å². The summed E-state index contributed by atoms with van der Waals surface area (Å²) >= 11 is 0. The van der Waals surface area contributed by atoms with Crippen LogP contribution >= 0.6 is 0 Å². The maximum absolute atomic E-state index is 10.3. The van der Waals surface area contributed by atoms with Gasteiger partial charge >= 0.3 is 5.97 Å². The van der Waals surface area contributed by atoms with Crippen molar-refractivity contribution in [2.45, 2.75) is 104 Å². The lowest BCUT2D eigenvalue weighted by Crippen LogP contribution is -1.93. The van der Waals surface area contributed by atoms with Crippen molar-refractivity contribution in [2.24, 2.45) is 0 Å². The van der Waals surface area contributed by atoms with E-state index in [4.69, 9.17) is 10.2 Å². The van der Waals surface area contributed by atoms with Crippen LogP contribution in [0.2, 0.25) is 0 Å². The van der Waals surface area contributed by atoms with Crippen molar-refractivity contribution in [3.05, 3.63) is 48.6 Å². The third-order valence-electron chi connectivity index (χ3n) is 4.32. The maximum atomic E-state index is 10.3. The van der Waals surface area contributed by atoms with Gasteiger partial charge in [-0.05, 0) is 39.0 Å². The Bertz CT molecular complexity index is 402. The number of allylic oxidation sites excluding steroid dienone is 2. The third-order valence-corrected chi connectivity index (χ3v) is 4.32. The van der Waals surface area contributed by atoms with Gasteiger partial charge in [-0.3, -0.25) is 4.79 Å². The van der Waals surface area contributed by atoms with Crippen molar-refractivity contribution in [3.63, 3.8) is 0 Å². The molecule has 0 aliphatic rings. The first-order valence-corrected chi connectivity index (χ1v) is 11.7. The van der Waals surface area contributed by atoms with Gasteiger partial charge in [0.2, 0.25) is 0 Å². The molecule has 0 bridgehead atoms. The molecule has 2 N–H and O–H groups in total. The van der Waals surface area contributed by atoms with E-state index in [1.54, 1.807) is 6.92 Å². The fourth-order valence-corrected chi connectivity index (χ4v) is 2.73. The van der Waals surface area contributed by atoms with E-state index < -0.39 is 5.97 Å². The molecule has 3 nitrogen and oxygen atoms in total. The van der Waals surface area contributed by atoms with Crippen LogP contribution in [0.3, 0.4) is 0 Å². The highest BCUT2D eigenvalue weighted by molar-refractivity contribution is 5.66. The molecule has 1 aromatic rings. The van der Waals surface area contributed by atoms with E-state index in [1.165, 1.54) is 70.6 Å². The minimum absolute atomic E-state index is 0.250. The number of rotatable bonds is 15. The number of hydrogen-bond donors (Lipinski definition) is 2. The lowest BCUT2D eigenvalue weighted by molar-refractivity contribution is -0.137. The summed E-state index contributed by atoms with van der Waals surface area (Å²) in [6.45, 7) is 4.19. The molecule has 0 fully saturated rings. The topological polar surface area (TPSA) is 57.5 Å². The van der Waals surface area contributed by atoms with Crippen LogP contribution in [-0.4, -0.2) is 22.8 Å². The van der Waals surface area contributed by atoms with Crippen LogP contribution in [0.15, 0.2) is 48.6 Å². The number of benzene rings is 1. The molecule has 0 saturated carbocycles. The Morgan fingerprint density at radius 2 is 1.00 bits per heavy atom. The monoisotopic (exact) mass is 406 g/mol. The van der Waals surface area contributed by atoms with Crippen molar-refractivity contribution >= 4 is 5.97 Å². The predicted octanol–water partition coefficient (Wildman–Crippen LogP) is 7.79. The highest BCUT2D eigenvalue weighted by Crippen LogP contribution is 2.09. The Hall–Kier alpha value is -1.61. The number of carbonyl (C=O) groups is 1. The quantitative estimate of drug-likeness (QED) is 0.231. The largest absolute Gasteiger partial charge is 0.481 e. The Morgan fingerprint density at radius 1 is 0.655 bits per heavy atom. The van der Waals surface area contributed by atoms with Gasteiger partial charge in [-0.25, -0.2) is 0 Å². The van der Waals surface area contributed by atoms with E-state index in [9.17, 15) is 4.79 Å². The van der Waals surface area contributed by atoms with E-state index in [1.807, 2.05) is 36.4 Å². The SMILES string of the molecule is CCCCCCCC/C=C\CCCCCCCC(=O)O.CCO.c1ccccc1. The number of aliphatic hydroxyl groups is 1. The standard InChI is InChI=1S/C18H34O2.C6H6.C2H6O/c1-2-3-4-5-6-7-8-9-10-11-12-13-14-15-16-17-18(19)20;1-2-4-6-5-3-1;1-2-3/h9-10H,2-8,11-17H2,1H3,(H,19,20);1-6H;3H,2H2,1H3/b10-9-;;. The molecule has 0 saturated heterocycles. The molecule has 0 heterocycles. The number of aliphatic hydroxyl groups excluding tert-OH is 1. The fourth-order valence-electron chi connectivity index (χ4n) is 2.73. The average molecular weight is 407 g/mol. The van der Waals surface area contributed by atoms with Crippen molar-refractivity contribution < 1.29 is 15.0 Å². The number of hydrogen-bond acceptors (Lipinski definition) is 2. The van der Waals surface area contributed by atoms with Gasteiger partial charge in [-0.15, -0.1) is 0 Å². The lowest BCUT2D eigenvalue weighted by Gasteiger charge is -1.99. The molecular formula is C26H46O3. The van der Waals surface area contributed by atoms with Gasteiger partial charge in [0.05, 0.1) is 0 Å². The van der Waals surface area contributed by atoms with Crippen LogP contribution < -0.4 is 0 Å². The Kier molecular flexibility index (Phi) is 29.2. The molecule has 29 heavy (non-hydrogen) atoms. The molecule has 0 radical (unpaired) electrons. The first kappa shape index (κ1) is 29.6. The van der Waals surface area contributed by atoms with Crippen LogP contribution in [0.5, 0.6) is 0 Å². The summed E-state index contributed by atoms with van der Waals surface area (Å²) in [4.78, 5) is 10.3. The van der Waals surface area contributed by atoms with Crippen molar-refractivity contribution in [1.82, 2.24) is 0 Å². The molecule has 0 aromatic heterocycles. The molecule has 0 atom stereocenters. The molecule has 168 valence electrons. The number of aliphatic carboxylic acids is 1. The van der Waals surface area contributed by atoms with Crippen molar-refractivity contribution in [3.8, 4) is 0 Å². The van der Waals surface area contributed by atoms with Crippen molar-refractivity contribution in [1.29, 1.82) is 0 Å². The smallest absolute Gasteiger partial charge is 0.303 e. The van der Waals surface area contributed by atoms with Crippen molar-refractivity contribution in [2.75, 3.05) is 6.61 Å². The second-order valence-corrected chi connectivity index (χ2v) is 7.20. The van der Waals surface area contributed by atoms with Crippen LogP contribution in [0.4, 0.5) is 0 Å². The molecule has 0 aliphatic heterocycles. The van der Waals surface area contributed by atoms with E-state index in [-0.39, 0.29) is 6.61 Å². The zero-order valence-corrected chi connectivity index (χ0v) is 19.0. The summed E-state index contributed by atoms with van der Waals surface area (Å²) < 4.78 is 0. The summed E-state index contributed by atoms with van der Waals surface area (Å²) in [6, 6.07) is 12.0. The number of unbranched alkanes of at least 4 members (excludes halogenated alkanes) is 11. The molecule has 0 aliphatic carbocycles. The lowest BCUT2D eigenvalue weighted by atomic mass is 10.1. The van der Waals surface area contributed by atoms with Crippen LogP contribution in [0.1, 0.15) is 104 Å². The summed E-state index contributed by atoms with van der Waals surface area (Å²) in [6.07, 6.45) is 21.2. The molecule has 0 unspecified atom stereocenters. The maximum Gasteiger partial charge on any atom is 0.303 e. The van der Waals surface area contributed by atoms with Crippen LogP contribution in [0, 0.1) is 0 Å². The van der Waals surface area contributed by atoms with Gasteiger partial charge in [0.25, 0.3) is 0 Å². The van der Waals surface area contributed by atoms with Gasteiger partial charge in [0.1, 0.15) is 0 Å². The van der Waals surface area contributed by atoms with E-state index in [2.05, 4.69) is 19.1 Å². The minimum Gasteiger partial charge on any atom is -0.481 e. The van der Waals surface area contributed by atoms with E-state index >= 15 is 0 Å². The number of carboxylic acid groups (broad SMARTS) is 1. The fraction of sp³-hybridized carbons (Fsp3) is 0.654. The minimum atomic E-state index is -0.664. The average Bonchev–Trinajstić information content (AvgIpc) is 2.73. The van der Waals surface area contributed by atoms with Gasteiger partial charge < -0.3 is 10.2 Å². The van der Waals surface area contributed by atoms with Gasteiger partial charge in [0.15, 0.2) is 0 Å². The normalized spacial score (nSPS) is 10.0. The first-order chi connectivity index (χ1) is 14.2. The Morgan fingerprint density at radius 3 is 1.38 bits per heavy atom. The molecule has 3 heteroatoms. The van der Waals surface area contributed by atoms with Gasteiger partial charge in [0, 0.05) is 13.0 Å². The second-order valence-electron chi connectivity index (χ2n) is 7.20. The molecular weight excluding hydrogens is 360 g/mol. The summed E-state index contributed by atoms with van der Waals surface area (Å²) in [5.41, 5.74) is 0. The first-order valence-electron chi connectivity index (χ1n) is 11.7. The summed E-state index contributed by atoms with van der Waals surface area (Å²) in [7, 11) is 0. The highest BCUT2D eigenvalue weighted by Gasteiger charge is 1.95. The molecule has 0 amide bonds. The van der Waals surface area contributed by atoms with Crippen LogP contribution in [-0.2, 0) is 4.79 Å². The van der Waals surface area contributed by atoms with E-state index in [0.29, 0.717) is 6.42 Å². The molecule has 1 aromatic carbocycles. The third kappa shape index (κ3) is 34.3. The summed E-state index contributed by atoms with van der Waals surface area (Å²) in [5.74, 6) is -0.664. The molecule has 1 rings (SSSR count). The second kappa shape index (κ2) is 28.6.